The molecule has 0 atom stereocenters. The summed E-state index contributed by atoms with van der Waals surface area (Å²) < 4.78 is 0. The second-order valence-electron chi connectivity index (χ2n) is 4.72. The number of nitrogens with zero attached hydrogens (tertiary/aromatic N) is 1. The van der Waals surface area contributed by atoms with Crippen LogP contribution in [0.1, 0.15) is 38.5 Å². The quantitative estimate of drug-likeness (QED) is 0.680. The van der Waals surface area contributed by atoms with Gasteiger partial charge in [0.2, 0.25) is 0 Å². The zero-order valence-corrected chi connectivity index (χ0v) is 9.04. The lowest BCUT2D eigenvalue weighted by Gasteiger charge is -2.31. The first kappa shape index (κ1) is 10.2. The fraction of sp³-hybridized carbons (Fsp3) is 0.833. The Balaban J connectivity index is 1.77. The molecule has 1 aliphatic carbocycles. The first-order chi connectivity index (χ1) is 6.84. The molecule has 0 amide bonds. The van der Waals surface area contributed by atoms with Gasteiger partial charge >= 0.3 is 0 Å². The average molecular weight is 194 g/mol. The molecule has 2 N–H and O–H groups in total. The molecule has 0 saturated carbocycles. The summed E-state index contributed by atoms with van der Waals surface area (Å²) in [6.45, 7) is 3.63. The van der Waals surface area contributed by atoms with Gasteiger partial charge in [0.1, 0.15) is 0 Å². The Labute approximate surface area is 87.2 Å². The number of hydrogen-bond acceptors (Lipinski definition) is 2. The molecule has 2 nitrogen and oxygen atoms in total. The molecule has 2 rings (SSSR count). The zero-order valence-electron chi connectivity index (χ0n) is 9.04. The molecule has 1 fully saturated rings. The van der Waals surface area contributed by atoms with Crippen molar-refractivity contribution in [3.63, 3.8) is 0 Å². The SMILES string of the molecule is NC1CCN(CC2=CCCCC2)CC1. The van der Waals surface area contributed by atoms with Crippen molar-refractivity contribution in [1.29, 1.82) is 0 Å². The minimum Gasteiger partial charge on any atom is -0.328 e. The Kier molecular flexibility index (Phi) is 3.60. The van der Waals surface area contributed by atoms with Crippen molar-refractivity contribution in [2.24, 2.45) is 5.73 Å². The van der Waals surface area contributed by atoms with Gasteiger partial charge in [-0.25, -0.2) is 0 Å². The van der Waals surface area contributed by atoms with Crippen LogP contribution in [-0.4, -0.2) is 30.6 Å². The predicted molar refractivity (Wildman–Crippen MR) is 60.2 cm³/mol. The highest BCUT2D eigenvalue weighted by Gasteiger charge is 2.17. The van der Waals surface area contributed by atoms with E-state index >= 15 is 0 Å². The summed E-state index contributed by atoms with van der Waals surface area (Å²) in [6.07, 6.45) is 10.3. The van der Waals surface area contributed by atoms with Gasteiger partial charge in [-0.15, -0.1) is 0 Å². The zero-order chi connectivity index (χ0) is 9.80. The molecule has 14 heavy (non-hydrogen) atoms. The van der Waals surface area contributed by atoms with Crippen LogP contribution in [0.2, 0.25) is 0 Å². The summed E-state index contributed by atoms with van der Waals surface area (Å²) in [5.74, 6) is 0. The molecule has 1 aliphatic heterocycles. The van der Waals surface area contributed by atoms with Gasteiger partial charge < -0.3 is 5.73 Å². The van der Waals surface area contributed by atoms with E-state index in [2.05, 4.69) is 11.0 Å². The van der Waals surface area contributed by atoms with E-state index in [1.54, 1.807) is 5.57 Å². The first-order valence-corrected chi connectivity index (χ1v) is 6.00. The molecule has 0 spiro atoms. The monoisotopic (exact) mass is 194 g/mol. The second kappa shape index (κ2) is 4.94. The van der Waals surface area contributed by atoms with Crippen molar-refractivity contribution in [3.05, 3.63) is 11.6 Å². The molecule has 0 unspecified atom stereocenters. The van der Waals surface area contributed by atoms with Crippen molar-refractivity contribution < 1.29 is 0 Å². The lowest BCUT2D eigenvalue weighted by atomic mass is 9.98. The van der Waals surface area contributed by atoms with Gasteiger partial charge in [0.15, 0.2) is 0 Å². The Bertz CT molecular complexity index is 202. The van der Waals surface area contributed by atoms with E-state index in [4.69, 9.17) is 5.73 Å². The third-order valence-electron chi connectivity index (χ3n) is 3.44. The molecule has 0 radical (unpaired) electrons. The van der Waals surface area contributed by atoms with Crippen LogP contribution in [0, 0.1) is 0 Å². The molecule has 0 aromatic carbocycles. The summed E-state index contributed by atoms with van der Waals surface area (Å²) in [5.41, 5.74) is 7.56. The van der Waals surface area contributed by atoms with Crippen LogP contribution in [0.5, 0.6) is 0 Å². The summed E-state index contributed by atoms with van der Waals surface area (Å²) in [5, 5.41) is 0. The van der Waals surface area contributed by atoms with Gasteiger partial charge in [0.05, 0.1) is 0 Å². The molecule has 0 bridgehead atoms. The second-order valence-corrected chi connectivity index (χ2v) is 4.72. The lowest BCUT2D eigenvalue weighted by molar-refractivity contribution is 0.226. The average Bonchev–Trinajstić information content (AvgIpc) is 2.23. The highest BCUT2D eigenvalue weighted by atomic mass is 15.1. The smallest absolute Gasteiger partial charge is 0.0192 e. The normalized spacial score (nSPS) is 26.2. The van der Waals surface area contributed by atoms with E-state index in [0.717, 1.165) is 0 Å². The Morgan fingerprint density at radius 2 is 2.07 bits per heavy atom. The van der Waals surface area contributed by atoms with Crippen LogP contribution in [0.25, 0.3) is 0 Å². The van der Waals surface area contributed by atoms with Crippen LogP contribution in [0.4, 0.5) is 0 Å². The molecular weight excluding hydrogens is 172 g/mol. The van der Waals surface area contributed by atoms with E-state index in [1.807, 2.05) is 0 Å². The van der Waals surface area contributed by atoms with Gasteiger partial charge in [-0.2, -0.15) is 0 Å². The Hall–Kier alpha value is -0.340. The van der Waals surface area contributed by atoms with Crippen LogP contribution < -0.4 is 5.73 Å². The maximum Gasteiger partial charge on any atom is 0.0192 e. The van der Waals surface area contributed by atoms with Crippen molar-refractivity contribution in [1.82, 2.24) is 4.90 Å². The third-order valence-corrected chi connectivity index (χ3v) is 3.44. The van der Waals surface area contributed by atoms with Crippen LogP contribution >= 0.6 is 0 Å². The Morgan fingerprint density at radius 3 is 2.71 bits per heavy atom. The van der Waals surface area contributed by atoms with Gasteiger partial charge in [0, 0.05) is 12.6 Å². The van der Waals surface area contributed by atoms with Crippen molar-refractivity contribution >= 4 is 0 Å². The van der Waals surface area contributed by atoms with Gasteiger partial charge in [-0.3, -0.25) is 4.90 Å². The number of rotatable bonds is 2. The minimum atomic E-state index is 0.464. The summed E-state index contributed by atoms with van der Waals surface area (Å²) >= 11 is 0. The lowest BCUT2D eigenvalue weighted by Crippen LogP contribution is -2.40. The first-order valence-electron chi connectivity index (χ1n) is 6.00. The molecule has 1 heterocycles. The predicted octanol–water partition coefficient (Wildman–Crippen LogP) is 1.91. The highest BCUT2D eigenvalue weighted by molar-refractivity contribution is 5.07. The highest BCUT2D eigenvalue weighted by Crippen LogP contribution is 2.19. The fourth-order valence-corrected chi connectivity index (χ4v) is 2.45. The summed E-state index contributed by atoms with van der Waals surface area (Å²) in [6, 6.07) is 0.464. The number of hydrogen-bond donors (Lipinski definition) is 1. The van der Waals surface area contributed by atoms with Crippen molar-refractivity contribution in [2.45, 2.75) is 44.6 Å². The van der Waals surface area contributed by atoms with E-state index in [9.17, 15) is 0 Å². The molecule has 1 saturated heterocycles. The standard InChI is InChI=1S/C12H22N2/c13-12-6-8-14(9-7-12)10-11-4-2-1-3-5-11/h4,12H,1-3,5-10,13H2. The van der Waals surface area contributed by atoms with Crippen LogP contribution in [0.15, 0.2) is 11.6 Å². The number of allylic oxidation sites excluding steroid dienone is 1. The number of likely N-dealkylation sites (tertiary alicyclic amines) is 1. The fourth-order valence-electron chi connectivity index (χ4n) is 2.45. The topological polar surface area (TPSA) is 29.3 Å². The van der Waals surface area contributed by atoms with E-state index in [-0.39, 0.29) is 0 Å². The molecule has 2 aliphatic rings. The third kappa shape index (κ3) is 2.82. The van der Waals surface area contributed by atoms with Crippen LogP contribution in [0.3, 0.4) is 0 Å². The summed E-state index contributed by atoms with van der Waals surface area (Å²) in [4.78, 5) is 2.57. The Morgan fingerprint density at radius 1 is 1.29 bits per heavy atom. The molecule has 0 aromatic heterocycles. The van der Waals surface area contributed by atoms with Gasteiger partial charge in [-0.1, -0.05) is 11.6 Å². The molecule has 80 valence electrons. The largest absolute Gasteiger partial charge is 0.328 e. The number of nitrogens with two attached hydrogens (primary N) is 1. The van der Waals surface area contributed by atoms with Crippen LogP contribution in [-0.2, 0) is 0 Å². The molecular formula is C12H22N2. The van der Waals surface area contributed by atoms with E-state index in [1.165, 1.54) is 58.2 Å². The van der Waals surface area contributed by atoms with Gasteiger partial charge in [0.25, 0.3) is 0 Å². The van der Waals surface area contributed by atoms with Gasteiger partial charge in [-0.05, 0) is 51.6 Å². The molecule has 0 aromatic rings. The van der Waals surface area contributed by atoms with Crippen molar-refractivity contribution in [3.8, 4) is 0 Å². The van der Waals surface area contributed by atoms with E-state index in [0.29, 0.717) is 6.04 Å². The maximum absolute atomic E-state index is 5.89. The molecule has 2 heteroatoms. The minimum absolute atomic E-state index is 0.464. The number of piperidine rings is 1. The van der Waals surface area contributed by atoms with E-state index < -0.39 is 0 Å². The van der Waals surface area contributed by atoms with Crippen molar-refractivity contribution in [2.75, 3.05) is 19.6 Å². The summed E-state index contributed by atoms with van der Waals surface area (Å²) in [7, 11) is 0. The maximum atomic E-state index is 5.89.